The molecule has 1 aliphatic rings. The molecule has 0 saturated heterocycles. The van der Waals surface area contributed by atoms with Crippen LogP contribution in [-0.4, -0.2) is 12.6 Å². The van der Waals surface area contributed by atoms with Gasteiger partial charge < -0.3 is 4.74 Å². The minimum Gasteiger partial charge on any atom is -0.463 e. The molecular formula is C9H14O2. The van der Waals surface area contributed by atoms with Crippen LogP contribution in [0.2, 0.25) is 0 Å². The van der Waals surface area contributed by atoms with E-state index < -0.39 is 0 Å². The van der Waals surface area contributed by atoms with Gasteiger partial charge in [-0.2, -0.15) is 0 Å². The van der Waals surface area contributed by atoms with Crippen molar-refractivity contribution >= 4 is 5.97 Å². The topological polar surface area (TPSA) is 26.3 Å². The van der Waals surface area contributed by atoms with Crippen molar-refractivity contribution in [1.29, 1.82) is 0 Å². The zero-order valence-corrected chi connectivity index (χ0v) is 6.88. The second-order valence-corrected chi connectivity index (χ2v) is 2.83. The fourth-order valence-electron chi connectivity index (χ4n) is 0.901. The zero-order chi connectivity index (χ0) is 8.10. The molecule has 1 rings (SSSR count). The first-order valence-corrected chi connectivity index (χ1v) is 4.16. The van der Waals surface area contributed by atoms with Crippen LogP contribution in [0.15, 0.2) is 12.2 Å². The Morgan fingerprint density at radius 3 is 2.91 bits per heavy atom. The number of hydrogen-bond donors (Lipinski definition) is 0. The van der Waals surface area contributed by atoms with Crippen molar-refractivity contribution in [2.24, 2.45) is 5.92 Å². The average Bonchev–Trinajstić information content (AvgIpc) is 2.72. The summed E-state index contributed by atoms with van der Waals surface area (Å²) in [7, 11) is 0. The van der Waals surface area contributed by atoms with Crippen LogP contribution >= 0.6 is 0 Å². The van der Waals surface area contributed by atoms with E-state index in [1.165, 1.54) is 18.9 Å². The monoisotopic (exact) mass is 154 g/mol. The van der Waals surface area contributed by atoms with E-state index in [9.17, 15) is 4.79 Å². The normalized spacial score (nSPS) is 17.2. The summed E-state index contributed by atoms with van der Waals surface area (Å²) >= 11 is 0. The first-order chi connectivity index (χ1) is 5.33. The number of esters is 1. The van der Waals surface area contributed by atoms with E-state index in [0.29, 0.717) is 6.61 Å². The van der Waals surface area contributed by atoms with Crippen LogP contribution in [0.3, 0.4) is 0 Å². The molecule has 0 aromatic carbocycles. The van der Waals surface area contributed by atoms with Crippen LogP contribution in [0.4, 0.5) is 0 Å². The Labute approximate surface area is 67.2 Å². The van der Waals surface area contributed by atoms with Gasteiger partial charge in [-0.05, 0) is 32.1 Å². The molecule has 0 amide bonds. The van der Waals surface area contributed by atoms with Crippen molar-refractivity contribution in [2.45, 2.75) is 26.2 Å². The largest absolute Gasteiger partial charge is 0.463 e. The molecule has 0 aromatic heterocycles. The molecule has 0 unspecified atom stereocenters. The summed E-state index contributed by atoms with van der Waals surface area (Å²) in [5.41, 5.74) is 0. The number of hydrogen-bond acceptors (Lipinski definition) is 2. The standard InChI is InChI=1S/C9H14O2/c1-2-11-9(10)5-3-4-8-6-7-8/h3,5,8H,2,4,6-7H2,1H3. The van der Waals surface area contributed by atoms with Gasteiger partial charge in [-0.15, -0.1) is 0 Å². The molecule has 11 heavy (non-hydrogen) atoms. The van der Waals surface area contributed by atoms with E-state index in [2.05, 4.69) is 0 Å². The second kappa shape index (κ2) is 4.16. The summed E-state index contributed by atoms with van der Waals surface area (Å²) in [6.45, 7) is 2.28. The van der Waals surface area contributed by atoms with Gasteiger partial charge in [-0.1, -0.05) is 6.08 Å². The second-order valence-electron chi connectivity index (χ2n) is 2.83. The lowest BCUT2D eigenvalue weighted by atomic mass is 10.3. The summed E-state index contributed by atoms with van der Waals surface area (Å²) in [5.74, 6) is 0.633. The highest BCUT2D eigenvalue weighted by Gasteiger charge is 2.18. The van der Waals surface area contributed by atoms with Crippen molar-refractivity contribution in [2.75, 3.05) is 6.61 Å². The van der Waals surface area contributed by atoms with Crippen LogP contribution in [0.5, 0.6) is 0 Å². The molecule has 0 spiro atoms. The number of allylic oxidation sites excluding steroid dienone is 1. The van der Waals surface area contributed by atoms with E-state index in [0.717, 1.165) is 12.3 Å². The van der Waals surface area contributed by atoms with E-state index in [1.807, 2.05) is 13.0 Å². The van der Waals surface area contributed by atoms with Gasteiger partial charge in [0.1, 0.15) is 0 Å². The lowest BCUT2D eigenvalue weighted by Crippen LogP contribution is -1.98. The fraction of sp³-hybridized carbons (Fsp3) is 0.667. The molecule has 1 saturated carbocycles. The van der Waals surface area contributed by atoms with E-state index in [1.54, 1.807) is 0 Å². The van der Waals surface area contributed by atoms with Gasteiger partial charge in [-0.25, -0.2) is 4.79 Å². The fourth-order valence-corrected chi connectivity index (χ4v) is 0.901. The predicted octanol–water partition coefficient (Wildman–Crippen LogP) is 1.91. The van der Waals surface area contributed by atoms with E-state index in [-0.39, 0.29) is 5.97 Å². The highest BCUT2D eigenvalue weighted by molar-refractivity contribution is 5.81. The smallest absolute Gasteiger partial charge is 0.330 e. The van der Waals surface area contributed by atoms with Crippen LogP contribution < -0.4 is 0 Å². The van der Waals surface area contributed by atoms with Crippen molar-refractivity contribution in [3.05, 3.63) is 12.2 Å². The third-order valence-corrected chi connectivity index (χ3v) is 1.71. The Bertz CT molecular complexity index is 157. The van der Waals surface area contributed by atoms with Crippen LogP contribution in [-0.2, 0) is 9.53 Å². The van der Waals surface area contributed by atoms with Crippen LogP contribution in [0.1, 0.15) is 26.2 Å². The lowest BCUT2D eigenvalue weighted by molar-refractivity contribution is -0.137. The Morgan fingerprint density at radius 2 is 2.36 bits per heavy atom. The number of ether oxygens (including phenoxy) is 1. The zero-order valence-electron chi connectivity index (χ0n) is 6.88. The first kappa shape index (κ1) is 8.31. The van der Waals surface area contributed by atoms with E-state index >= 15 is 0 Å². The van der Waals surface area contributed by atoms with Gasteiger partial charge in [0.05, 0.1) is 6.61 Å². The third-order valence-electron chi connectivity index (χ3n) is 1.71. The van der Waals surface area contributed by atoms with Gasteiger partial charge in [0.25, 0.3) is 0 Å². The third kappa shape index (κ3) is 3.81. The number of carbonyl (C=O) groups is 1. The molecule has 0 heterocycles. The average molecular weight is 154 g/mol. The number of rotatable bonds is 4. The van der Waals surface area contributed by atoms with Crippen molar-refractivity contribution < 1.29 is 9.53 Å². The van der Waals surface area contributed by atoms with Gasteiger partial charge >= 0.3 is 5.97 Å². The highest BCUT2D eigenvalue weighted by Crippen LogP contribution is 2.32. The van der Waals surface area contributed by atoms with Gasteiger partial charge in [0, 0.05) is 6.08 Å². The minimum atomic E-state index is -0.215. The molecule has 62 valence electrons. The molecule has 1 fully saturated rings. The Kier molecular flexibility index (Phi) is 3.14. The molecule has 0 atom stereocenters. The molecule has 0 radical (unpaired) electrons. The summed E-state index contributed by atoms with van der Waals surface area (Å²) in [4.78, 5) is 10.7. The van der Waals surface area contributed by atoms with Crippen LogP contribution in [0, 0.1) is 5.92 Å². The molecular weight excluding hydrogens is 140 g/mol. The minimum absolute atomic E-state index is 0.215. The molecule has 0 aliphatic heterocycles. The highest BCUT2D eigenvalue weighted by atomic mass is 16.5. The van der Waals surface area contributed by atoms with Crippen molar-refractivity contribution in [1.82, 2.24) is 0 Å². The summed E-state index contributed by atoms with van der Waals surface area (Å²) in [6.07, 6.45) is 7.14. The maximum absolute atomic E-state index is 10.7. The van der Waals surface area contributed by atoms with Crippen molar-refractivity contribution in [3.63, 3.8) is 0 Å². The lowest BCUT2D eigenvalue weighted by Gasteiger charge is -1.93. The SMILES string of the molecule is CCOC(=O)C=CCC1CC1. The van der Waals surface area contributed by atoms with E-state index in [4.69, 9.17) is 4.74 Å². The molecule has 0 N–H and O–H groups in total. The Balaban J connectivity index is 2.06. The Hall–Kier alpha value is -0.790. The predicted molar refractivity (Wildman–Crippen MR) is 43.1 cm³/mol. The molecule has 2 nitrogen and oxygen atoms in total. The Morgan fingerprint density at radius 1 is 1.64 bits per heavy atom. The molecule has 0 bridgehead atoms. The quantitative estimate of drug-likeness (QED) is 0.456. The number of carbonyl (C=O) groups excluding carboxylic acids is 1. The first-order valence-electron chi connectivity index (χ1n) is 4.16. The van der Waals surface area contributed by atoms with Gasteiger partial charge in [0.2, 0.25) is 0 Å². The summed E-state index contributed by atoms with van der Waals surface area (Å²) < 4.78 is 4.72. The molecule has 1 aliphatic carbocycles. The maximum Gasteiger partial charge on any atom is 0.330 e. The van der Waals surface area contributed by atoms with Gasteiger partial charge in [-0.3, -0.25) is 0 Å². The van der Waals surface area contributed by atoms with Gasteiger partial charge in [0.15, 0.2) is 0 Å². The molecule has 0 aromatic rings. The van der Waals surface area contributed by atoms with Crippen LogP contribution in [0.25, 0.3) is 0 Å². The summed E-state index contributed by atoms with van der Waals surface area (Å²) in [5, 5.41) is 0. The van der Waals surface area contributed by atoms with Crippen molar-refractivity contribution in [3.8, 4) is 0 Å². The summed E-state index contributed by atoms with van der Waals surface area (Å²) in [6, 6.07) is 0. The maximum atomic E-state index is 10.7. The molecule has 2 heteroatoms.